The number of aromatic amines is 2. The van der Waals surface area contributed by atoms with Crippen molar-refractivity contribution in [3.05, 3.63) is 70.4 Å². The molecule has 0 radical (unpaired) electrons. The molecule has 0 aliphatic rings. The third-order valence-electron chi connectivity index (χ3n) is 4.54. The molecule has 0 bridgehead atoms. The van der Waals surface area contributed by atoms with Crippen molar-refractivity contribution in [1.82, 2.24) is 29.7 Å². The van der Waals surface area contributed by atoms with E-state index >= 15 is 0 Å². The van der Waals surface area contributed by atoms with Crippen LogP contribution >= 0.6 is 0 Å². The van der Waals surface area contributed by atoms with E-state index < -0.39 is 0 Å². The highest BCUT2D eigenvalue weighted by Gasteiger charge is 2.15. The van der Waals surface area contributed by atoms with Gasteiger partial charge in [-0.3, -0.25) is 9.89 Å². The van der Waals surface area contributed by atoms with Crippen LogP contribution in [0.5, 0.6) is 5.75 Å². The maximum Gasteiger partial charge on any atom is 0.276 e. The lowest BCUT2D eigenvalue weighted by molar-refractivity contribution is 0.295. The Hall–Kier alpha value is -3.42. The quantitative estimate of drug-likeness (QED) is 0.515. The first kappa shape index (κ1) is 18.0. The molecule has 0 unspecified atom stereocenters. The maximum atomic E-state index is 12.4. The number of ether oxygens (including phenoxy) is 1. The van der Waals surface area contributed by atoms with Gasteiger partial charge in [0.25, 0.3) is 5.56 Å². The van der Waals surface area contributed by atoms with Crippen LogP contribution in [0, 0.1) is 0 Å². The lowest BCUT2D eigenvalue weighted by atomic mass is 10.1. The van der Waals surface area contributed by atoms with Gasteiger partial charge in [0, 0.05) is 24.4 Å². The van der Waals surface area contributed by atoms with E-state index in [1.54, 1.807) is 12.5 Å². The zero-order valence-corrected chi connectivity index (χ0v) is 15.8. The van der Waals surface area contributed by atoms with Gasteiger partial charge in [0.1, 0.15) is 29.2 Å². The van der Waals surface area contributed by atoms with Gasteiger partial charge in [-0.05, 0) is 12.0 Å². The largest absolute Gasteiger partial charge is 0.491 e. The van der Waals surface area contributed by atoms with Crippen LogP contribution in [-0.2, 0) is 13.0 Å². The van der Waals surface area contributed by atoms with Crippen LogP contribution in [0.25, 0.3) is 11.0 Å². The van der Waals surface area contributed by atoms with Gasteiger partial charge in [-0.1, -0.05) is 32.0 Å². The zero-order chi connectivity index (χ0) is 19.5. The van der Waals surface area contributed by atoms with Gasteiger partial charge in [-0.25, -0.2) is 9.97 Å². The summed E-state index contributed by atoms with van der Waals surface area (Å²) in [5, 5.41) is 7.04. The number of benzene rings is 1. The topological polar surface area (TPSA) is 101 Å². The Morgan fingerprint density at radius 3 is 2.89 bits per heavy atom. The van der Waals surface area contributed by atoms with Crippen LogP contribution in [-0.4, -0.2) is 36.3 Å². The minimum absolute atomic E-state index is 0.176. The Bertz CT molecular complexity index is 1130. The van der Waals surface area contributed by atoms with E-state index in [4.69, 9.17) is 4.74 Å². The Balaban J connectivity index is 1.57. The molecule has 2 N–H and O–H groups in total. The van der Waals surface area contributed by atoms with Crippen molar-refractivity contribution in [2.45, 2.75) is 32.7 Å². The van der Waals surface area contributed by atoms with E-state index in [9.17, 15) is 4.79 Å². The third-order valence-corrected chi connectivity index (χ3v) is 4.54. The fourth-order valence-electron chi connectivity index (χ4n) is 3.12. The van der Waals surface area contributed by atoms with Crippen LogP contribution < -0.4 is 10.3 Å². The number of imidazole rings is 1. The molecule has 3 heterocycles. The summed E-state index contributed by atoms with van der Waals surface area (Å²) in [4.78, 5) is 23.9. The van der Waals surface area contributed by atoms with E-state index in [0.717, 1.165) is 17.0 Å². The van der Waals surface area contributed by atoms with Crippen molar-refractivity contribution in [1.29, 1.82) is 0 Å². The second-order valence-corrected chi connectivity index (χ2v) is 6.93. The first-order chi connectivity index (χ1) is 13.6. The Kier molecular flexibility index (Phi) is 4.92. The smallest absolute Gasteiger partial charge is 0.276 e. The predicted octanol–water partition coefficient (Wildman–Crippen LogP) is 2.64. The predicted molar refractivity (Wildman–Crippen MR) is 106 cm³/mol. The second-order valence-electron chi connectivity index (χ2n) is 6.93. The summed E-state index contributed by atoms with van der Waals surface area (Å²) in [6.07, 6.45) is 5.87. The maximum absolute atomic E-state index is 12.4. The van der Waals surface area contributed by atoms with Gasteiger partial charge in [-0.2, -0.15) is 5.10 Å². The fourth-order valence-corrected chi connectivity index (χ4v) is 3.12. The molecule has 3 aromatic heterocycles. The second kappa shape index (κ2) is 7.67. The summed E-state index contributed by atoms with van der Waals surface area (Å²) in [6.45, 7) is 5.29. The van der Waals surface area contributed by atoms with Crippen LogP contribution in [0.1, 0.15) is 36.8 Å². The zero-order valence-electron chi connectivity index (χ0n) is 15.8. The van der Waals surface area contributed by atoms with Crippen LogP contribution in [0.3, 0.4) is 0 Å². The van der Waals surface area contributed by atoms with E-state index in [0.29, 0.717) is 36.4 Å². The Morgan fingerprint density at radius 2 is 2.11 bits per heavy atom. The van der Waals surface area contributed by atoms with Gasteiger partial charge in [0.05, 0.1) is 18.6 Å². The number of nitrogens with one attached hydrogen (secondary N) is 2. The molecule has 144 valence electrons. The monoisotopic (exact) mass is 378 g/mol. The summed E-state index contributed by atoms with van der Waals surface area (Å²) in [5.41, 5.74) is 2.60. The van der Waals surface area contributed by atoms with Crippen molar-refractivity contribution in [2.75, 3.05) is 6.61 Å². The first-order valence-corrected chi connectivity index (χ1v) is 9.25. The van der Waals surface area contributed by atoms with Crippen molar-refractivity contribution in [3.63, 3.8) is 0 Å². The molecule has 0 fully saturated rings. The normalized spacial score (nSPS) is 11.4. The number of fused-ring (bicyclic) bond motifs is 1. The molecule has 1 aromatic carbocycles. The van der Waals surface area contributed by atoms with Gasteiger partial charge in [-0.15, -0.1) is 0 Å². The van der Waals surface area contributed by atoms with Crippen molar-refractivity contribution < 1.29 is 4.74 Å². The van der Waals surface area contributed by atoms with E-state index in [-0.39, 0.29) is 11.5 Å². The SMILES string of the molecule is CC(C)c1n[nH]c2c(=O)[nH]c(Cc3ccccc3OCCn3ccnc3)nc12. The number of hydrogen-bond donors (Lipinski definition) is 2. The average molecular weight is 378 g/mol. The number of para-hydroxylation sites is 1. The number of hydrogen-bond acceptors (Lipinski definition) is 5. The van der Waals surface area contributed by atoms with Crippen LogP contribution in [0.2, 0.25) is 0 Å². The Morgan fingerprint density at radius 1 is 1.25 bits per heavy atom. The first-order valence-electron chi connectivity index (χ1n) is 9.25. The molecule has 8 nitrogen and oxygen atoms in total. The Labute approximate surface area is 161 Å². The molecular formula is C20H22N6O2. The van der Waals surface area contributed by atoms with Gasteiger partial charge in [0.15, 0.2) is 0 Å². The molecule has 4 aromatic rings. The molecule has 0 saturated carbocycles. The van der Waals surface area contributed by atoms with Crippen molar-refractivity contribution >= 4 is 11.0 Å². The van der Waals surface area contributed by atoms with E-state index in [2.05, 4.69) is 25.1 Å². The highest BCUT2D eigenvalue weighted by Crippen LogP contribution is 2.22. The molecule has 0 amide bonds. The summed E-state index contributed by atoms with van der Waals surface area (Å²) < 4.78 is 7.92. The van der Waals surface area contributed by atoms with Crippen molar-refractivity contribution in [2.24, 2.45) is 0 Å². The van der Waals surface area contributed by atoms with Gasteiger partial charge in [0.2, 0.25) is 0 Å². The minimum Gasteiger partial charge on any atom is -0.491 e. The fraction of sp³-hybridized carbons (Fsp3) is 0.300. The van der Waals surface area contributed by atoms with Gasteiger partial charge < -0.3 is 14.3 Å². The average Bonchev–Trinajstić information content (AvgIpc) is 3.33. The highest BCUT2D eigenvalue weighted by atomic mass is 16.5. The third kappa shape index (κ3) is 3.66. The molecule has 0 saturated heterocycles. The molecule has 28 heavy (non-hydrogen) atoms. The molecule has 0 atom stereocenters. The number of rotatable bonds is 7. The van der Waals surface area contributed by atoms with E-state index in [1.807, 2.05) is 48.9 Å². The molecule has 0 aliphatic heterocycles. The molecule has 4 rings (SSSR count). The summed E-state index contributed by atoms with van der Waals surface area (Å²) >= 11 is 0. The van der Waals surface area contributed by atoms with Crippen LogP contribution in [0.15, 0.2) is 47.8 Å². The lowest BCUT2D eigenvalue weighted by Crippen LogP contribution is -2.13. The minimum atomic E-state index is -0.210. The van der Waals surface area contributed by atoms with Gasteiger partial charge >= 0.3 is 0 Å². The number of H-pyrrole nitrogens is 2. The summed E-state index contributed by atoms with van der Waals surface area (Å²) in [5.74, 6) is 1.54. The summed E-state index contributed by atoms with van der Waals surface area (Å²) in [6, 6.07) is 7.79. The standard InChI is InChI=1S/C20H22N6O2/c1-13(2)17-18-19(25-24-17)20(27)23-16(22-18)11-14-5-3-4-6-15(14)28-10-9-26-8-7-21-12-26/h3-8,12-13H,9-11H2,1-2H3,(H,24,25)(H,22,23,27). The molecule has 8 heteroatoms. The van der Waals surface area contributed by atoms with Crippen LogP contribution in [0.4, 0.5) is 0 Å². The molecule has 0 spiro atoms. The lowest BCUT2D eigenvalue weighted by Gasteiger charge is -2.11. The number of nitrogens with zero attached hydrogens (tertiary/aromatic N) is 4. The highest BCUT2D eigenvalue weighted by molar-refractivity contribution is 5.76. The van der Waals surface area contributed by atoms with Crippen molar-refractivity contribution in [3.8, 4) is 5.75 Å². The number of aromatic nitrogens is 6. The molecule has 0 aliphatic carbocycles. The molecular weight excluding hydrogens is 356 g/mol. The summed E-state index contributed by atoms with van der Waals surface area (Å²) in [7, 11) is 0. The van der Waals surface area contributed by atoms with E-state index in [1.165, 1.54) is 0 Å².